The van der Waals surface area contributed by atoms with Gasteiger partial charge in [-0.3, -0.25) is 9.59 Å². The first kappa shape index (κ1) is 26.0. The summed E-state index contributed by atoms with van der Waals surface area (Å²) in [6, 6.07) is 17.4. The van der Waals surface area contributed by atoms with E-state index in [1.54, 1.807) is 30.0 Å². The van der Waals surface area contributed by atoms with Gasteiger partial charge in [0.1, 0.15) is 23.7 Å². The molecule has 39 heavy (non-hydrogen) atoms. The van der Waals surface area contributed by atoms with E-state index in [-0.39, 0.29) is 11.5 Å². The number of allylic oxidation sites excluding steroid dienone is 4. The molecule has 2 aromatic carbocycles. The van der Waals surface area contributed by atoms with Crippen molar-refractivity contribution in [1.82, 2.24) is 19.8 Å². The predicted octanol–water partition coefficient (Wildman–Crippen LogP) is 4.42. The Balaban J connectivity index is 1.28. The minimum atomic E-state index is -0.448. The molecule has 8 heteroatoms. The molecular formula is C31H31N5O3. The summed E-state index contributed by atoms with van der Waals surface area (Å²) in [6.45, 7) is 6.66. The Kier molecular flexibility index (Phi) is 7.33. The molecule has 1 atom stereocenters. The maximum Gasteiger partial charge on any atom is 0.259 e. The molecule has 1 N–H and O–H groups in total. The summed E-state index contributed by atoms with van der Waals surface area (Å²) in [7, 11) is 0. The average Bonchev–Trinajstić information content (AvgIpc) is 2.97. The standard InChI is InChI=1S/C31H31N5O3/c1-22(19-27(37)36-17-15-35(16-18-36)24-11-13-31(2,21-32)14-12-24)29-33-28-25(30(38)34-29)9-6-10-26(28)39-20-23-7-4-3-5-8-23/h3-13,19H,14-18,20H2,1-2H3,(H,33,34,38)/b22-19+. The number of H-pyrrole nitrogens is 1. The van der Waals surface area contributed by atoms with Crippen LogP contribution in [0.5, 0.6) is 5.75 Å². The van der Waals surface area contributed by atoms with Crippen molar-refractivity contribution in [1.29, 1.82) is 5.26 Å². The van der Waals surface area contributed by atoms with Crippen molar-refractivity contribution < 1.29 is 9.53 Å². The zero-order chi connectivity index (χ0) is 27.4. The van der Waals surface area contributed by atoms with E-state index in [2.05, 4.69) is 27.0 Å². The summed E-state index contributed by atoms with van der Waals surface area (Å²) in [6.07, 6.45) is 8.29. The predicted molar refractivity (Wildman–Crippen MR) is 151 cm³/mol. The highest BCUT2D eigenvalue weighted by Crippen LogP contribution is 2.30. The highest BCUT2D eigenvalue weighted by molar-refractivity contribution is 5.95. The molecule has 3 aromatic rings. The van der Waals surface area contributed by atoms with Crippen LogP contribution >= 0.6 is 0 Å². The molecule has 5 rings (SSSR count). The van der Waals surface area contributed by atoms with Crippen LogP contribution in [-0.4, -0.2) is 51.9 Å². The summed E-state index contributed by atoms with van der Waals surface area (Å²) in [5.41, 5.74) is 2.42. The average molecular weight is 522 g/mol. The Morgan fingerprint density at radius 2 is 1.92 bits per heavy atom. The van der Waals surface area contributed by atoms with Gasteiger partial charge in [-0.1, -0.05) is 48.6 Å². The number of nitriles is 1. The van der Waals surface area contributed by atoms with Gasteiger partial charge in [0.05, 0.1) is 16.9 Å². The smallest absolute Gasteiger partial charge is 0.259 e. The van der Waals surface area contributed by atoms with Gasteiger partial charge in [0, 0.05) is 38.0 Å². The fraction of sp³-hybridized carbons (Fsp3) is 0.290. The second-order valence-corrected chi connectivity index (χ2v) is 10.2. The number of amides is 1. The molecule has 2 aliphatic rings. The van der Waals surface area contributed by atoms with Crippen LogP contribution in [0.15, 0.2) is 83.3 Å². The molecular weight excluding hydrogens is 490 g/mol. The molecule has 0 radical (unpaired) electrons. The topological polar surface area (TPSA) is 102 Å². The molecule has 198 valence electrons. The van der Waals surface area contributed by atoms with Gasteiger partial charge in [-0.25, -0.2) is 4.98 Å². The lowest BCUT2D eigenvalue weighted by molar-refractivity contribution is -0.127. The van der Waals surface area contributed by atoms with Crippen molar-refractivity contribution in [3.63, 3.8) is 0 Å². The molecule has 1 fully saturated rings. The van der Waals surface area contributed by atoms with Crippen LogP contribution in [0.1, 0.15) is 31.7 Å². The normalized spacial score (nSPS) is 19.5. The number of hydrogen-bond donors (Lipinski definition) is 1. The van der Waals surface area contributed by atoms with Gasteiger partial charge in [0.2, 0.25) is 5.91 Å². The summed E-state index contributed by atoms with van der Waals surface area (Å²) < 4.78 is 6.01. The molecule has 0 spiro atoms. The van der Waals surface area contributed by atoms with Crippen molar-refractivity contribution in [2.45, 2.75) is 26.9 Å². The lowest BCUT2D eigenvalue weighted by atomic mass is 9.84. The number of rotatable bonds is 6. The number of carbonyl (C=O) groups excluding carboxylic acids is 1. The third-order valence-electron chi connectivity index (χ3n) is 7.22. The number of fused-ring (bicyclic) bond motifs is 1. The summed E-state index contributed by atoms with van der Waals surface area (Å²) >= 11 is 0. The maximum atomic E-state index is 13.1. The minimum absolute atomic E-state index is 0.117. The number of nitrogens with zero attached hydrogens (tertiary/aromatic N) is 4. The molecule has 1 aliphatic carbocycles. The molecule has 8 nitrogen and oxygen atoms in total. The van der Waals surface area contributed by atoms with Gasteiger partial charge in [-0.2, -0.15) is 5.26 Å². The number of carbonyl (C=O) groups is 1. The fourth-order valence-electron chi connectivity index (χ4n) is 4.74. The number of benzene rings is 2. The number of piperazine rings is 1. The van der Waals surface area contributed by atoms with E-state index >= 15 is 0 Å². The van der Waals surface area contributed by atoms with Crippen molar-refractivity contribution in [2.24, 2.45) is 5.41 Å². The Hall–Kier alpha value is -4.64. The van der Waals surface area contributed by atoms with Gasteiger partial charge in [0.25, 0.3) is 5.56 Å². The molecule has 1 aliphatic heterocycles. The first-order valence-electron chi connectivity index (χ1n) is 13.1. The third-order valence-corrected chi connectivity index (χ3v) is 7.22. The number of hydrogen-bond acceptors (Lipinski definition) is 6. The van der Waals surface area contributed by atoms with Crippen LogP contribution in [0.3, 0.4) is 0 Å². The first-order valence-corrected chi connectivity index (χ1v) is 13.1. The van der Waals surface area contributed by atoms with Gasteiger partial charge < -0.3 is 19.5 Å². The van der Waals surface area contributed by atoms with E-state index in [0.717, 1.165) is 11.3 Å². The van der Waals surface area contributed by atoms with Gasteiger partial charge >= 0.3 is 0 Å². The molecule has 1 unspecified atom stereocenters. The van der Waals surface area contributed by atoms with E-state index in [4.69, 9.17) is 4.74 Å². The second-order valence-electron chi connectivity index (χ2n) is 10.2. The highest BCUT2D eigenvalue weighted by Gasteiger charge is 2.26. The van der Waals surface area contributed by atoms with E-state index in [0.29, 0.717) is 67.3 Å². The number of aromatic nitrogens is 2. The summed E-state index contributed by atoms with van der Waals surface area (Å²) in [5, 5.41) is 9.75. The number of ether oxygens (including phenoxy) is 1. The van der Waals surface area contributed by atoms with E-state index in [1.807, 2.05) is 49.4 Å². The van der Waals surface area contributed by atoms with Crippen molar-refractivity contribution in [3.8, 4) is 11.8 Å². The molecule has 0 bridgehead atoms. The minimum Gasteiger partial charge on any atom is -0.487 e. The Labute approximate surface area is 227 Å². The zero-order valence-electron chi connectivity index (χ0n) is 22.2. The second kappa shape index (κ2) is 11.0. The van der Waals surface area contributed by atoms with Crippen molar-refractivity contribution >= 4 is 22.4 Å². The molecule has 1 aromatic heterocycles. The van der Waals surface area contributed by atoms with Crippen LogP contribution in [0.2, 0.25) is 0 Å². The van der Waals surface area contributed by atoms with Crippen LogP contribution in [0.25, 0.3) is 16.5 Å². The summed E-state index contributed by atoms with van der Waals surface area (Å²) in [4.78, 5) is 37.5. The lowest BCUT2D eigenvalue weighted by Gasteiger charge is -2.37. The monoisotopic (exact) mass is 521 g/mol. The number of para-hydroxylation sites is 1. The Morgan fingerprint density at radius 3 is 2.62 bits per heavy atom. The quantitative estimate of drug-likeness (QED) is 0.482. The van der Waals surface area contributed by atoms with Crippen molar-refractivity contribution in [3.05, 3.63) is 100 Å². The number of aromatic amines is 1. The largest absolute Gasteiger partial charge is 0.487 e. The van der Waals surface area contributed by atoms with Gasteiger partial charge in [-0.15, -0.1) is 0 Å². The molecule has 0 saturated carbocycles. The van der Waals surface area contributed by atoms with Crippen LogP contribution < -0.4 is 10.3 Å². The van der Waals surface area contributed by atoms with Crippen molar-refractivity contribution in [2.75, 3.05) is 26.2 Å². The fourth-order valence-corrected chi connectivity index (χ4v) is 4.74. The van der Waals surface area contributed by atoms with Crippen LogP contribution in [0, 0.1) is 16.7 Å². The van der Waals surface area contributed by atoms with Crippen LogP contribution in [-0.2, 0) is 11.4 Å². The molecule has 2 heterocycles. The summed E-state index contributed by atoms with van der Waals surface area (Å²) in [5.74, 6) is 0.738. The zero-order valence-corrected chi connectivity index (χ0v) is 22.2. The first-order chi connectivity index (χ1) is 18.8. The van der Waals surface area contributed by atoms with Gasteiger partial charge in [0.15, 0.2) is 0 Å². The Bertz CT molecular complexity index is 1570. The van der Waals surface area contributed by atoms with E-state index < -0.39 is 5.41 Å². The third kappa shape index (κ3) is 5.78. The molecule has 1 amide bonds. The maximum absolute atomic E-state index is 13.1. The van der Waals surface area contributed by atoms with Gasteiger partial charge in [-0.05, 0) is 49.6 Å². The SMILES string of the molecule is C/C(=C\C(=O)N1CCN(C2=CCC(C)(C#N)C=C2)CC1)c1nc2c(OCc3ccccc3)cccc2c(=O)[nH]1. The highest BCUT2D eigenvalue weighted by atomic mass is 16.5. The van der Waals surface area contributed by atoms with E-state index in [1.165, 1.54) is 6.08 Å². The van der Waals surface area contributed by atoms with E-state index in [9.17, 15) is 14.9 Å². The number of nitrogens with one attached hydrogen (secondary N) is 1. The Morgan fingerprint density at radius 1 is 1.15 bits per heavy atom. The lowest BCUT2D eigenvalue weighted by Crippen LogP contribution is -2.47. The van der Waals surface area contributed by atoms with Crippen LogP contribution in [0.4, 0.5) is 0 Å². The molecule has 1 saturated heterocycles.